The van der Waals surface area contributed by atoms with E-state index in [4.69, 9.17) is 0 Å². The maximum absolute atomic E-state index is 2.44. The number of nitrogens with zero attached hydrogens (tertiary/aromatic N) is 2. The molecule has 59 heavy (non-hydrogen) atoms. The van der Waals surface area contributed by atoms with Gasteiger partial charge in [-0.25, -0.2) is 0 Å². The second-order valence-corrected chi connectivity index (χ2v) is 15.9. The third-order valence-electron chi connectivity index (χ3n) is 11.4. The highest BCUT2D eigenvalue weighted by atomic mass is 32.1. The van der Waals surface area contributed by atoms with Crippen LogP contribution in [-0.4, -0.2) is 4.57 Å². The molecule has 278 valence electrons. The highest BCUT2D eigenvalue weighted by molar-refractivity contribution is 7.27. The van der Waals surface area contributed by atoms with E-state index in [1.54, 1.807) is 0 Å². The zero-order chi connectivity index (χ0) is 39.1. The molecule has 0 N–H and O–H groups in total. The van der Waals surface area contributed by atoms with Gasteiger partial charge in [-0.05, 0) is 87.5 Å². The van der Waals surface area contributed by atoms with Gasteiger partial charge in [-0.15, -0.1) is 11.3 Å². The molecule has 2 nitrogen and oxygen atoms in total. The van der Waals surface area contributed by atoms with E-state index < -0.39 is 0 Å². The summed E-state index contributed by atoms with van der Waals surface area (Å²) >= 11 is 1.90. The first-order valence-corrected chi connectivity index (χ1v) is 20.9. The van der Waals surface area contributed by atoms with Crippen molar-refractivity contribution in [3.63, 3.8) is 0 Å². The Labute approximate surface area is 348 Å². The summed E-state index contributed by atoms with van der Waals surface area (Å²) in [6, 6.07) is 83.3. The third kappa shape index (κ3) is 6.20. The minimum Gasteiger partial charge on any atom is -0.310 e. The Bertz CT molecular complexity index is 3240. The molecule has 0 aliphatic rings. The number of hydrogen-bond donors (Lipinski definition) is 0. The van der Waals surface area contributed by atoms with Crippen LogP contribution < -0.4 is 4.90 Å². The molecule has 11 aromatic rings. The molecule has 0 bridgehead atoms. The van der Waals surface area contributed by atoms with Crippen molar-refractivity contribution in [2.75, 3.05) is 4.90 Å². The number of fused-ring (bicyclic) bond motifs is 5. The van der Waals surface area contributed by atoms with Crippen molar-refractivity contribution in [1.29, 1.82) is 0 Å². The summed E-state index contributed by atoms with van der Waals surface area (Å²) in [5.74, 6) is 0. The Morgan fingerprint density at radius 1 is 0.339 bits per heavy atom. The molecule has 0 amide bonds. The molecule has 3 heteroatoms. The minimum absolute atomic E-state index is 1.10. The van der Waals surface area contributed by atoms with Crippen molar-refractivity contribution in [1.82, 2.24) is 4.57 Å². The fraction of sp³-hybridized carbons (Fsp3) is 0. The molecule has 0 spiro atoms. The van der Waals surface area contributed by atoms with Crippen LogP contribution in [-0.2, 0) is 0 Å². The average molecular weight is 771 g/mol. The number of aromatic nitrogens is 1. The van der Waals surface area contributed by atoms with Gasteiger partial charge in [0.1, 0.15) is 0 Å². The summed E-state index contributed by atoms with van der Waals surface area (Å²) < 4.78 is 5.05. The van der Waals surface area contributed by atoms with E-state index >= 15 is 0 Å². The van der Waals surface area contributed by atoms with E-state index in [1.165, 1.54) is 81.4 Å². The lowest BCUT2D eigenvalue weighted by atomic mass is 9.99. The normalized spacial score (nSPS) is 11.4. The quantitative estimate of drug-likeness (QED) is 0.149. The van der Waals surface area contributed by atoms with Crippen LogP contribution in [0.2, 0.25) is 0 Å². The van der Waals surface area contributed by atoms with Gasteiger partial charge in [0.25, 0.3) is 0 Å². The number of para-hydroxylation sites is 3. The monoisotopic (exact) mass is 770 g/mol. The summed E-state index contributed by atoms with van der Waals surface area (Å²) in [5.41, 5.74) is 16.6. The molecule has 0 aliphatic carbocycles. The minimum atomic E-state index is 1.10. The largest absolute Gasteiger partial charge is 0.310 e. The maximum Gasteiger partial charge on any atom is 0.0727 e. The van der Waals surface area contributed by atoms with Crippen LogP contribution in [0.5, 0.6) is 0 Å². The van der Waals surface area contributed by atoms with Gasteiger partial charge in [0.2, 0.25) is 0 Å². The average Bonchev–Trinajstić information content (AvgIpc) is 3.86. The molecule has 9 aromatic carbocycles. The lowest BCUT2D eigenvalue weighted by Gasteiger charge is -2.28. The van der Waals surface area contributed by atoms with E-state index in [0.29, 0.717) is 0 Å². The summed E-state index contributed by atoms with van der Waals surface area (Å²) in [6.07, 6.45) is 0. The number of benzene rings is 9. The van der Waals surface area contributed by atoms with Crippen molar-refractivity contribution in [2.45, 2.75) is 0 Å². The molecule has 2 aromatic heterocycles. The van der Waals surface area contributed by atoms with E-state index in [9.17, 15) is 0 Å². The Morgan fingerprint density at radius 2 is 0.864 bits per heavy atom. The zero-order valence-corrected chi connectivity index (χ0v) is 33.1. The van der Waals surface area contributed by atoms with Gasteiger partial charge in [-0.1, -0.05) is 182 Å². The molecule has 0 radical (unpaired) electrons. The maximum atomic E-state index is 2.44. The molecule has 0 atom stereocenters. The smallest absolute Gasteiger partial charge is 0.0727 e. The summed E-state index contributed by atoms with van der Waals surface area (Å²) in [4.78, 5) is 2.41. The molecule has 0 saturated heterocycles. The highest BCUT2D eigenvalue weighted by Gasteiger charge is 2.21. The highest BCUT2D eigenvalue weighted by Crippen LogP contribution is 2.47. The van der Waals surface area contributed by atoms with Crippen molar-refractivity contribution in [2.24, 2.45) is 0 Å². The number of anilines is 3. The lowest BCUT2D eigenvalue weighted by Crippen LogP contribution is -2.11. The van der Waals surface area contributed by atoms with Crippen molar-refractivity contribution < 1.29 is 0 Å². The Kier molecular flexibility index (Phi) is 8.72. The number of hydrogen-bond acceptors (Lipinski definition) is 2. The number of rotatable bonds is 8. The van der Waals surface area contributed by atoms with Gasteiger partial charge in [0, 0.05) is 38.1 Å². The predicted molar refractivity (Wildman–Crippen MR) is 253 cm³/mol. The Balaban J connectivity index is 1.05. The second kappa shape index (κ2) is 14.8. The van der Waals surface area contributed by atoms with E-state index in [0.717, 1.165) is 17.1 Å². The molecule has 0 fully saturated rings. The Hall–Kier alpha value is -7.46. The Morgan fingerprint density at radius 3 is 1.59 bits per heavy atom. The van der Waals surface area contributed by atoms with Gasteiger partial charge < -0.3 is 9.47 Å². The van der Waals surface area contributed by atoms with E-state index in [1.807, 2.05) is 11.3 Å². The van der Waals surface area contributed by atoms with Gasteiger partial charge in [0.15, 0.2) is 0 Å². The molecule has 0 saturated carbocycles. The van der Waals surface area contributed by atoms with Crippen LogP contribution >= 0.6 is 11.3 Å². The predicted octanol–water partition coefficient (Wildman–Crippen LogP) is 16.1. The molecular weight excluding hydrogens is 733 g/mol. The zero-order valence-electron chi connectivity index (χ0n) is 32.2. The first-order valence-electron chi connectivity index (χ1n) is 20.1. The van der Waals surface area contributed by atoms with Crippen LogP contribution in [0.1, 0.15) is 0 Å². The van der Waals surface area contributed by atoms with Crippen molar-refractivity contribution in [3.05, 3.63) is 231 Å². The SMILES string of the molecule is c1ccc(-c2ccc(-c3ccc(N(c4cccc(-c5cccc6c5sc5c7ccccc7n(-c7ccccc7)c65)c4)c4ccccc4-c4ccccc4)cc3)cc2)cc1. The standard InChI is InChI=1S/C56H38N2S/c1-4-16-39(17-5-1)40-30-32-41(33-31-40)42-34-36-46(37-35-42)57(52-28-12-10-24-48(52)43-18-6-2-7-19-43)47-23-14-20-44(38-47)49-26-15-27-51-54-56(59-55(49)51)50-25-11-13-29-53(50)58(54)45-21-8-3-9-22-45/h1-38H. The van der Waals surface area contributed by atoms with E-state index in [2.05, 4.69) is 240 Å². The summed E-state index contributed by atoms with van der Waals surface area (Å²) in [7, 11) is 0. The van der Waals surface area contributed by atoms with Gasteiger partial charge in [-0.3, -0.25) is 0 Å². The topological polar surface area (TPSA) is 8.17 Å². The van der Waals surface area contributed by atoms with Gasteiger partial charge in [-0.2, -0.15) is 0 Å². The third-order valence-corrected chi connectivity index (χ3v) is 12.7. The number of thiophene rings is 1. The summed E-state index contributed by atoms with van der Waals surface area (Å²) in [6.45, 7) is 0. The van der Waals surface area contributed by atoms with Gasteiger partial charge in [0.05, 0.1) is 21.4 Å². The lowest BCUT2D eigenvalue weighted by molar-refractivity contribution is 1.19. The molecule has 2 heterocycles. The van der Waals surface area contributed by atoms with Crippen LogP contribution in [0.25, 0.3) is 81.4 Å². The summed E-state index contributed by atoms with van der Waals surface area (Å²) in [5, 5.41) is 2.55. The first kappa shape index (κ1) is 34.8. The first-order chi connectivity index (χ1) is 29.3. The van der Waals surface area contributed by atoms with Crippen molar-refractivity contribution in [3.8, 4) is 50.2 Å². The second-order valence-electron chi connectivity index (χ2n) is 14.9. The fourth-order valence-electron chi connectivity index (χ4n) is 8.62. The fourth-order valence-corrected chi connectivity index (χ4v) is 9.98. The molecule has 0 aliphatic heterocycles. The van der Waals surface area contributed by atoms with Crippen LogP contribution in [0.15, 0.2) is 231 Å². The van der Waals surface area contributed by atoms with Gasteiger partial charge >= 0.3 is 0 Å². The van der Waals surface area contributed by atoms with E-state index in [-0.39, 0.29) is 0 Å². The van der Waals surface area contributed by atoms with Crippen LogP contribution in [0.3, 0.4) is 0 Å². The van der Waals surface area contributed by atoms with Crippen LogP contribution in [0, 0.1) is 0 Å². The molecule has 0 unspecified atom stereocenters. The van der Waals surface area contributed by atoms with Crippen molar-refractivity contribution >= 4 is 59.6 Å². The molecular formula is C56H38N2S. The van der Waals surface area contributed by atoms with Crippen LogP contribution in [0.4, 0.5) is 17.1 Å². The molecule has 11 rings (SSSR count).